The van der Waals surface area contributed by atoms with E-state index in [1.165, 1.54) is 10.8 Å². The highest BCUT2D eigenvalue weighted by Crippen LogP contribution is 2.41. The third kappa shape index (κ3) is 5.87. The van der Waals surface area contributed by atoms with E-state index in [0.29, 0.717) is 5.69 Å². The Bertz CT molecular complexity index is 2330. The molecule has 3 aromatic heterocycles. The lowest BCUT2D eigenvalue weighted by Gasteiger charge is -2.26. The average molecular weight is 660 g/mol. The fourth-order valence-corrected chi connectivity index (χ4v) is 9.07. The Morgan fingerprint density at radius 1 is 0.612 bits per heavy atom. The summed E-state index contributed by atoms with van der Waals surface area (Å²) in [4.78, 5) is 11.1. The molecule has 5 heteroatoms. The van der Waals surface area contributed by atoms with Crippen molar-refractivity contribution in [1.82, 2.24) is 14.5 Å². The molecule has 4 nitrogen and oxygen atoms in total. The average Bonchev–Trinajstić information content (AvgIpc) is 3.40. The van der Waals surface area contributed by atoms with Crippen molar-refractivity contribution in [3.63, 3.8) is 0 Å². The van der Waals surface area contributed by atoms with Crippen molar-refractivity contribution in [2.45, 2.75) is 65.5 Å². The maximum Gasteiger partial charge on any atom is 0.146 e. The standard InChI is InChI=1S/C44H45N3OSi/c1-43(2,3)31-23-24-37-33(27-31)34-28-35(44(4,5)6)41(46-42(34)47(37)38-21-15-16-22-39(38)48)36-25-30(29-17-11-9-12-18-29)26-40(45-36)49(7,8)32-19-13-10-14-20-32/h9-28,48H,1-8H3. The van der Waals surface area contributed by atoms with Gasteiger partial charge in [0.25, 0.3) is 0 Å². The summed E-state index contributed by atoms with van der Waals surface area (Å²) in [6, 6.07) is 42.5. The van der Waals surface area contributed by atoms with Crippen LogP contribution in [0.2, 0.25) is 13.1 Å². The topological polar surface area (TPSA) is 50.9 Å². The second-order valence-corrected chi connectivity index (χ2v) is 20.1. The lowest BCUT2D eigenvalue weighted by Crippen LogP contribution is -2.54. The van der Waals surface area contributed by atoms with Gasteiger partial charge in [-0.25, -0.2) is 4.98 Å². The van der Waals surface area contributed by atoms with E-state index in [9.17, 15) is 5.11 Å². The monoisotopic (exact) mass is 659 g/mol. The molecule has 0 atom stereocenters. The summed E-state index contributed by atoms with van der Waals surface area (Å²) in [5.74, 6) is 0.214. The molecule has 49 heavy (non-hydrogen) atoms. The SMILES string of the molecule is CC(C)(C)c1ccc2c(c1)c1cc(C(C)(C)C)c(-c3cc(-c4ccccc4)cc([Si](C)(C)c4ccccc4)n3)nc1n2-c1ccccc1O. The maximum absolute atomic E-state index is 11.2. The number of phenolic OH excluding ortho intramolecular Hbond substituents is 1. The van der Waals surface area contributed by atoms with Crippen molar-refractivity contribution in [3.05, 3.63) is 132 Å². The van der Waals surface area contributed by atoms with Gasteiger partial charge >= 0.3 is 0 Å². The molecule has 0 fully saturated rings. The van der Waals surface area contributed by atoms with E-state index >= 15 is 0 Å². The first kappa shape index (κ1) is 32.5. The summed E-state index contributed by atoms with van der Waals surface area (Å²) in [7, 11) is -2.20. The molecule has 4 aromatic carbocycles. The Balaban J connectivity index is 1.59. The number of phenols is 1. The van der Waals surface area contributed by atoms with Crippen LogP contribution in [0, 0.1) is 0 Å². The molecule has 0 amide bonds. The molecule has 0 saturated heterocycles. The predicted molar refractivity (Wildman–Crippen MR) is 209 cm³/mol. The molecule has 0 unspecified atom stereocenters. The van der Waals surface area contributed by atoms with Crippen molar-refractivity contribution < 1.29 is 5.11 Å². The second-order valence-electron chi connectivity index (χ2n) is 15.8. The van der Waals surface area contributed by atoms with E-state index in [0.717, 1.165) is 55.3 Å². The van der Waals surface area contributed by atoms with Crippen LogP contribution in [0.3, 0.4) is 0 Å². The van der Waals surface area contributed by atoms with Gasteiger partial charge in [0, 0.05) is 16.1 Å². The highest BCUT2D eigenvalue weighted by molar-refractivity contribution is 7.00. The molecule has 3 heterocycles. The first-order valence-electron chi connectivity index (χ1n) is 17.2. The van der Waals surface area contributed by atoms with Gasteiger partial charge in [-0.2, -0.15) is 0 Å². The lowest BCUT2D eigenvalue weighted by atomic mass is 9.83. The first-order chi connectivity index (χ1) is 23.2. The van der Waals surface area contributed by atoms with Crippen LogP contribution in [0.5, 0.6) is 5.75 Å². The first-order valence-corrected chi connectivity index (χ1v) is 20.2. The maximum atomic E-state index is 11.2. The van der Waals surface area contributed by atoms with Crippen LogP contribution in [-0.2, 0) is 10.8 Å². The van der Waals surface area contributed by atoms with Crippen molar-refractivity contribution in [3.8, 4) is 34.0 Å². The summed E-state index contributed by atoms with van der Waals surface area (Å²) in [6.07, 6.45) is 0. The Morgan fingerprint density at radius 2 is 1.27 bits per heavy atom. The number of benzene rings is 4. The Kier molecular flexibility index (Phi) is 7.87. The molecule has 0 aliphatic heterocycles. The van der Waals surface area contributed by atoms with Gasteiger partial charge in [-0.1, -0.05) is 139 Å². The van der Waals surface area contributed by atoms with Gasteiger partial charge in [0.15, 0.2) is 0 Å². The highest BCUT2D eigenvalue weighted by atomic mass is 28.3. The third-order valence-corrected chi connectivity index (χ3v) is 13.2. The van der Waals surface area contributed by atoms with E-state index in [-0.39, 0.29) is 16.6 Å². The summed E-state index contributed by atoms with van der Waals surface area (Å²) >= 11 is 0. The molecule has 0 radical (unpaired) electrons. The van der Waals surface area contributed by atoms with Crippen LogP contribution in [0.4, 0.5) is 0 Å². The minimum atomic E-state index is -2.20. The minimum Gasteiger partial charge on any atom is -0.506 e. The fourth-order valence-electron chi connectivity index (χ4n) is 6.84. The number of aromatic hydroxyl groups is 1. The van der Waals surface area contributed by atoms with Gasteiger partial charge in [0.05, 0.1) is 22.6 Å². The molecule has 1 N–H and O–H groups in total. The number of fused-ring (bicyclic) bond motifs is 3. The van der Waals surface area contributed by atoms with Crippen LogP contribution in [0.25, 0.3) is 50.1 Å². The van der Waals surface area contributed by atoms with E-state index in [1.54, 1.807) is 6.07 Å². The largest absolute Gasteiger partial charge is 0.506 e. The van der Waals surface area contributed by atoms with E-state index < -0.39 is 8.07 Å². The van der Waals surface area contributed by atoms with Crippen molar-refractivity contribution in [1.29, 1.82) is 0 Å². The molecule has 0 saturated carbocycles. The number of para-hydroxylation sites is 2. The van der Waals surface area contributed by atoms with E-state index in [4.69, 9.17) is 9.97 Å². The molecule has 0 aliphatic carbocycles. The Morgan fingerprint density at radius 3 is 1.92 bits per heavy atom. The Hall–Kier alpha value is -5.00. The van der Waals surface area contributed by atoms with Gasteiger partial charge in [0.1, 0.15) is 19.5 Å². The number of rotatable bonds is 5. The zero-order valence-corrected chi connectivity index (χ0v) is 30.8. The quantitative estimate of drug-likeness (QED) is 0.187. The summed E-state index contributed by atoms with van der Waals surface area (Å²) in [5, 5.41) is 15.8. The van der Waals surface area contributed by atoms with Crippen LogP contribution >= 0.6 is 0 Å². The number of pyridine rings is 2. The molecular weight excluding hydrogens is 615 g/mol. The van der Waals surface area contributed by atoms with E-state index in [2.05, 4.69) is 156 Å². The molecule has 246 valence electrons. The zero-order chi connectivity index (χ0) is 34.7. The van der Waals surface area contributed by atoms with Crippen LogP contribution < -0.4 is 10.5 Å². The van der Waals surface area contributed by atoms with Crippen molar-refractivity contribution in [2.75, 3.05) is 0 Å². The van der Waals surface area contributed by atoms with Gasteiger partial charge in [-0.15, -0.1) is 0 Å². The van der Waals surface area contributed by atoms with Crippen LogP contribution in [0.15, 0.2) is 121 Å². The second kappa shape index (κ2) is 11.9. The van der Waals surface area contributed by atoms with Crippen LogP contribution in [0.1, 0.15) is 52.7 Å². The molecule has 7 rings (SSSR count). The third-order valence-electron chi connectivity index (χ3n) is 9.85. The molecule has 7 aromatic rings. The number of hydrogen-bond donors (Lipinski definition) is 1. The summed E-state index contributed by atoms with van der Waals surface area (Å²) in [5.41, 5.74) is 8.69. The van der Waals surface area contributed by atoms with Gasteiger partial charge in [-0.3, -0.25) is 9.55 Å². The Labute approximate surface area is 291 Å². The summed E-state index contributed by atoms with van der Waals surface area (Å²) in [6.45, 7) is 18.3. The van der Waals surface area contributed by atoms with Crippen LogP contribution in [-0.4, -0.2) is 27.7 Å². The normalized spacial score (nSPS) is 12.6. The molecule has 0 bridgehead atoms. The lowest BCUT2D eigenvalue weighted by molar-refractivity contribution is 0.473. The minimum absolute atomic E-state index is 0.0225. The van der Waals surface area contributed by atoms with Crippen molar-refractivity contribution in [2.24, 2.45) is 0 Å². The molecule has 0 aliphatic rings. The molecular formula is C44H45N3OSi. The smallest absolute Gasteiger partial charge is 0.146 e. The number of nitrogens with zero attached hydrogens (tertiary/aromatic N) is 3. The summed E-state index contributed by atoms with van der Waals surface area (Å²) < 4.78 is 2.12. The fraction of sp³-hybridized carbons (Fsp3) is 0.227. The van der Waals surface area contributed by atoms with Gasteiger partial charge in [-0.05, 0) is 75.5 Å². The van der Waals surface area contributed by atoms with E-state index in [1.807, 2.05) is 18.2 Å². The van der Waals surface area contributed by atoms with Gasteiger partial charge < -0.3 is 5.11 Å². The predicted octanol–water partition coefficient (Wildman–Crippen LogP) is 10.0. The number of hydrogen-bond acceptors (Lipinski definition) is 3. The number of aromatic nitrogens is 3. The van der Waals surface area contributed by atoms with Crippen molar-refractivity contribution >= 4 is 40.5 Å². The highest BCUT2D eigenvalue weighted by Gasteiger charge is 2.31. The van der Waals surface area contributed by atoms with Gasteiger partial charge in [0.2, 0.25) is 0 Å². The zero-order valence-electron chi connectivity index (χ0n) is 29.8. The molecule has 0 spiro atoms.